The summed E-state index contributed by atoms with van der Waals surface area (Å²) in [5.74, 6) is -1.11. The van der Waals surface area contributed by atoms with Crippen LogP contribution in [0.5, 0.6) is 0 Å². The van der Waals surface area contributed by atoms with Crippen LogP contribution in [0.1, 0.15) is 64.2 Å². The first-order valence-electron chi connectivity index (χ1n) is 12.3. The van der Waals surface area contributed by atoms with Gasteiger partial charge in [-0.25, -0.2) is 13.8 Å². The minimum absolute atomic E-state index is 0.0709. The average molecular weight is 452 g/mol. The number of hydrogen-bond acceptors (Lipinski definition) is 2. The highest BCUT2D eigenvalue weighted by molar-refractivity contribution is 5.89. The first kappa shape index (κ1) is 22.1. The van der Waals surface area contributed by atoms with Crippen molar-refractivity contribution in [3.05, 3.63) is 54.1 Å². The second kappa shape index (κ2) is 8.88. The molecule has 2 aliphatic rings. The molecule has 0 bridgehead atoms. The molecule has 5 rings (SSSR count). The molecule has 33 heavy (non-hydrogen) atoms. The van der Waals surface area contributed by atoms with Crippen LogP contribution in [0.2, 0.25) is 0 Å². The van der Waals surface area contributed by atoms with Gasteiger partial charge in [-0.3, -0.25) is 4.79 Å². The third kappa shape index (κ3) is 3.73. The zero-order valence-corrected chi connectivity index (χ0v) is 18.9. The Labute approximate surface area is 193 Å². The Morgan fingerprint density at radius 2 is 1.42 bits per heavy atom. The maximum Gasteiger partial charge on any atom is 0.244 e. The van der Waals surface area contributed by atoms with E-state index in [2.05, 4.69) is 0 Å². The van der Waals surface area contributed by atoms with Crippen molar-refractivity contribution < 1.29 is 13.6 Å². The second-order valence-electron chi connectivity index (χ2n) is 9.78. The number of nitrogens with zero attached hydrogens (tertiary/aromatic N) is 2. The molecule has 2 aromatic carbocycles. The lowest BCUT2D eigenvalue weighted by Gasteiger charge is -2.48. The molecule has 174 valence electrons. The number of amides is 1. The highest BCUT2D eigenvalue weighted by Crippen LogP contribution is 2.50. The second-order valence-corrected chi connectivity index (χ2v) is 9.78. The first-order chi connectivity index (χ1) is 16.0. The molecular formula is C27H31F2N3O. The van der Waals surface area contributed by atoms with E-state index >= 15 is 0 Å². The lowest BCUT2D eigenvalue weighted by atomic mass is 9.63. The SMILES string of the molecule is NC(=O)C(C1CCCCC1)(C1CCCCC1)n1c(-c2cc(F)cc(F)c2)nc2ccccc21. The van der Waals surface area contributed by atoms with Gasteiger partial charge in [0.2, 0.25) is 5.91 Å². The number of para-hydroxylation sites is 2. The summed E-state index contributed by atoms with van der Waals surface area (Å²) >= 11 is 0. The van der Waals surface area contributed by atoms with Crippen molar-refractivity contribution in [1.29, 1.82) is 0 Å². The van der Waals surface area contributed by atoms with Gasteiger partial charge in [0, 0.05) is 11.6 Å². The van der Waals surface area contributed by atoms with Gasteiger partial charge in [-0.05, 0) is 61.8 Å². The fourth-order valence-electron chi connectivity index (χ4n) is 6.57. The van der Waals surface area contributed by atoms with Gasteiger partial charge in [0.25, 0.3) is 0 Å². The summed E-state index contributed by atoms with van der Waals surface area (Å²) in [6.45, 7) is 0. The van der Waals surface area contributed by atoms with E-state index in [1.807, 2.05) is 28.8 Å². The normalized spacial score (nSPS) is 18.6. The monoisotopic (exact) mass is 451 g/mol. The number of imidazole rings is 1. The van der Waals surface area contributed by atoms with Crippen molar-refractivity contribution in [2.24, 2.45) is 17.6 Å². The van der Waals surface area contributed by atoms with Crippen molar-refractivity contribution in [1.82, 2.24) is 9.55 Å². The minimum atomic E-state index is -0.977. The summed E-state index contributed by atoms with van der Waals surface area (Å²) in [5, 5.41) is 0. The summed E-state index contributed by atoms with van der Waals surface area (Å²) in [5.41, 5.74) is 7.25. The summed E-state index contributed by atoms with van der Waals surface area (Å²) in [7, 11) is 0. The Hall–Kier alpha value is -2.76. The topological polar surface area (TPSA) is 60.9 Å². The zero-order valence-electron chi connectivity index (χ0n) is 18.9. The van der Waals surface area contributed by atoms with Crippen LogP contribution in [-0.2, 0) is 10.3 Å². The molecule has 2 fully saturated rings. The summed E-state index contributed by atoms with van der Waals surface area (Å²) in [6.07, 6.45) is 10.2. The fraction of sp³-hybridized carbons (Fsp3) is 0.481. The van der Waals surface area contributed by atoms with Crippen LogP contribution >= 0.6 is 0 Å². The van der Waals surface area contributed by atoms with Gasteiger partial charge >= 0.3 is 0 Å². The molecule has 1 aromatic heterocycles. The van der Waals surface area contributed by atoms with Crippen LogP contribution in [0.4, 0.5) is 8.78 Å². The Bertz CT molecular complexity index is 1120. The third-order valence-corrected chi connectivity index (χ3v) is 7.90. The molecule has 0 radical (unpaired) electrons. The highest BCUT2D eigenvalue weighted by atomic mass is 19.1. The van der Waals surface area contributed by atoms with Crippen LogP contribution < -0.4 is 5.73 Å². The van der Waals surface area contributed by atoms with Crippen LogP contribution in [0.15, 0.2) is 42.5 Å². The van der Waals surface area contributed by atoms with E-state index in [-0.39, 0.29) is 17.7 Å². The van der Waals surface area contributed by atoms with Crippen molar-refractivity contribution in [3.63, 3.8) is 0 Å². The van der Waals surface area contributed by atoms with Gasteiger partial charge in [0.15, 0.2) is 0 Å². The molecule has 0 unspecified atom stereocenters. The Balaban J connectivity index is 1.84. The van der Waals surface area contributed by atoms with Crippen LogP contribution in [0.3, 0.4) is 0 Å². The van der Waals surface area contributed by atoms with Gasteiger partial charge in [0.05, 0.1) is 11.0 Å². The average Bonchev–Trinajstić information content (AvgIpc) is 3.20. The van der Waals surface area contributed by atoms with E-state index in [1.54, 1.807) is 0 Å². The quantitative estimate of drug-likeness (QED) is 0.493. The maximum absolute atomic E-state index is 14.3. The van der Waals surface area contributed by atoms with Crippen molar-refractivity contribution >= 4 is 16.9 Å². The molecule has 0 atom stereocenters. The van der Waals surface area contributed by atoms with Crippen LogP contribution in [-0.4, -0.2) is 15.5 Å². The number of fused-ring (bicyclic) bond motifs is 1. The molecule has 1 amide bonds. The molecule has 6 heteroatoms. The Morgan fingerprint density at radius 1 is 0.879 bits per heavy atom. The minimum Gasteiger partial charge on any atom is -0.368 e. The van der Waals surface area contributed by atoms with E-state index < -0.39 is 17.2 Å². The number of hydrogen-bond donors (Lipinski definition) is 1. The van der Waals surface area contributed by atoms with E-state index in [9.17, 15) is 13.6 Å². The number of carbonyl (C=O) groups is 1. The van der Waals surface area contributed by atoms with Gasteiger partial charge in [-0.15, -0.1) is 0 Å². The van der Waals surface area contributed by atoms with E-state index in [4.69, 9.17) is 10.7 Å². The molecule has 1 heterocycles. The molecule has 4 nitrogen and oxygen atoms in total. The maximum atomic E-state index is 14.3. The molecule has 3 aromatic rings. The number of halogens is 2. The molecule has 0 saturated heterocycles. The summed E-state index contributed by atoms with van der Waals surface area (Å²) in [4.78, 5) is 18.5. The Morgan fingerprint density at radius 3 is 1.97 bits per heavy atom. The zero-order chi connectivity index (χ0) is 23.0. The number of aromatic nitrogens is 2. The smallest absolute Gasteiger partial charge is 0.244 e. The van der Waals surface area contributed by atoms with Crippen molar-refractivity contribution in [2.45, 2.75) is 69.7 Å². The van der Waals surface area contributed by atoms with Gasteiger partial charge in [-0.2, -0.15) is 0 Å². The lowest BCUT2D eigenvalue weighted by molar-refractivity contribution is -0.135. The number of carbonyl (C=O) groups excluding carboxylic acids is 1. The molecule has 2 saturated carbocycles. The predicted octanol–water partition coefficient (Wildman–Crippen LogP) is 6.32. The molecule has 0 aliphatic heterocycles. The standard InChI is InChI=1S/C27H31F2N3O/c28-21-15-18(16-22(29)17-21)25-31-23-13-7-8-14-24(23)32(25)27(26(30)33,19-9-3-1-4-10-19)20-11-5-2-6-12-20/h7-8,13-17,19-20H,1-6,9-12H2,(H2,30,33). The Kier molecular flexibility index (Phi) is 5.94. The number of benzene rings is 2. The van der Waals surface area contributed by atoms with Crippen LogP contribution in [0, 0.1) is 23.5 Å². The predicted molar refractivity (Wildman–Crippen MR) is 125 cm³/mol. The summed E-state index contributed by atoms with van der Waals surface area (Å²) < 4.78 is 30.6. The highest BCUT2D eigenvalue weighted by Gasteiger charge is 2.53. The molecule has 2 N–H and O–H groups in total. The third-order valence-electron chi connectivity index (χ3n) is 7.90. The fourth-order valence-corrected chi connectivity index (χ4v) is 6.57. The molecular weight excluding hydrogens is 420 g/mol. The van der Waals surface area contributed by atoms with Crippen molar-refractivity contribution in [2.75, 3.05) is 0 Å². The van der Waals surface area contributed by atoms with E-state index in [1.165, 1.54) is 12.1 Å². The van der Waals surface area contributed by atoms with Gasteiger partial charge in [-0.1, -0.05) is 50.7 Å². The number of nitrogens with two attached hydrogens (primary N) is 1. The number of rotatable bonds is 5. The summed E-state index contributed by atoms with van der Waals surface area (Å²) in [6, 6.07) is 11.1. The van der Waals surface area contributed by atoms with Crippen LogP contribution in [0.25, 0.3) is 22.4 Å². The molecule has 2 aliphatic carbocycles. The van der Waals surface area contributed by atoms with E-state index in [0.29, 0.717) is 16.9 Å². The number of primary amides is 1. The molecule has 0 spiro atoms. The van der Waals surface area contributed by atoms with Gasteiger partial charge in [0.1, 0.15) is 23.0 Å². The largest absolute Gasteiger partial charge is 0.368 e. The van der Waals surface area contributed by atoms with Gasteiger partial charge < -0.3 is 10.3 Å². The van der Waals surface area contributed by atoms with E-state index in [0.717, 1.165) is 75.8 Å². The lowest BCUT2D eigenvalue weighted by Crippen LogP contribution is -2.58. The first-order valence-corrected chi connectivity index (χ1v) is 12.3. The van der Waals surface area contributed by atoms with Crippen molar-refractivity contribution in [3.8, 4) is 11.4 Å².